The summed E-state index contributed by atoms with van der Waals surface area (Å²) in [5.41, 5.74) is 1.01. The minimum absolute atomic E-state index is 0.238. The Morgan fingerprint density at radius 3 is 2.50 bits per heavy atom. The van der Waals surface area contributed by atoms with E-state index in [0.717, 1.165) is 37.4 Å². The van der Waals surface area contributed by atoms with Gasteiger partial charge in [-0.1, -0.05) is 34.1 Å². The molecule has 0 aliphatic rings. The molecule has 1 atom stereocenters. The third kappa shape index (κ3) is 4.54. The maximum absolute atomic E-state index is 5.96. The van der Waals surface area contributed by atoms with Crippen LogP contribution in [0.2, 0.25) is 0 Å². The number of aromatic nitrogens is 1. The summed E-state index contributed by atoms with van der Waals surface area (Å²) >= 11 is 1.81. The lowest BCUT2D eigenvalue weighted by molar-refractivity contribution is -0.0325. The van der Waals surface area contributed by atoms with Crippen LogP contribution in [0.3, 0.4) is 0 Å². The van der Waals surface area contributed by atoms with E-state index in [1.807, 2.05) is 11.3 Å². The number of aryl methyl sites for hydroxylation is 1. The highest BCUT2D eigenvalue weighted by molar-refractivity contribution is 7.11. The molecular formula is C16H30N2OS. The molecule has 0 saturated carbocycles. The first kappa shape index (κ1) is 17.6. The van der Waals surface area contributed by atoms with E-state index in [0.29, 0.717) is 6.04 Å². The first-order valence-corrected chi connectivity index (χ1v) is 8.64. The van der Waals surface area contributed by atoms with Crippen LogP contribution in [0, 0.1) is 0 Å². The molecule has 0 radical (unpaired) electrons. The predicted octanol–water partition coefficient (Wildman–Crippen LogP) is 4.26. The highest BCUT2D eigenvalue weighted by Crippen LogP contribution is 2.34. The van der Waals surface area contributed by atoms with Crippen molar-refractivity contribution < 1.29 is 4.74 Å². The van der Waals surface area contributed by atoms with Crippen molar-refractivity contribution in [1.29, 1.82) is 0 Å². The molecule has 0 spiro atoms. The number of thiazole rings is 1. The van der Waals surface area contributed by atoms with Crippen LogP contribution in [0.5, 0.6) is 0 Å². The monoisotopic (exact) mass is 298 g/mol. The first-order valence-electron chi connectivity index (χ1n) is 7.83. The summed E-state index contributed by atoms with van der Waals surface area (Å²) in [7, 11) is 0. The van der Waals surface area contributed by atoms with E-state index in [1.54, 1.807) is 0 Å². The molecule has 0 aliphatic carbocycles. The Hall–Kier alpha value is -0.450. The maximum Gasteiger partial charge on any atom is 0.125 e. The molecule has 1 aromatic rings. The molecule has 4 heteroatoms. The van der Waals surface area contributed by atoms with Crippen molar-refractivity contribution >= 4 is 11.3 Å². The van der Waals surface area contributed by atoms with Gasteiger partial charge in [0.05, 0.1) is 5.69 Å². The summed E-state index contributed by atoms with van der Waals surface area (Å²) in [4.78, 5) is 6.26. The summed E-state index contributed by atoms with van der Waals surface area (Å²) in [6.45, 7) is 14.6. The zero-order valence-corrected chi connectivity index (χ0v) is 14.7. The van der Waals surface area contributed by atoms with Crippen LogP contribution < -0.4 is 5.32 Å². The summed E-state index contributed by atoms with van der Waals surface area (Å²) in [5.74, 6) is 0. The average molecular weight is 298 g/mol. The van der Waals surface area contributed by atoms with Crippen molar-refractivity contribution in [3.63, 3.8) is 0 Å². The van der Waals surface area contributed by atoms with Gasteiger partial charge in [0.15, 0.2) is 0 Å². The number of rotatable bonds is 9. The van der Waals surface area contributed by atoms with Gasteiger partial charge in [-0.05, 0) is 26.7 Å². The minimum atomic E-state index is -0.238. The molecule has 0 aliphatic heterocycles. The molecule has 1 rings (SSSR count). The highest BCUT2D eigenvalue weighted by atomic mass is 32.1. The van der Waals surface area contributed by atoms with Gasteiger partial charge in [0.25, 0.3) is 0 Å². The molecule has 1 heterocycles. The smallest absolute Gasteiger partial charge is 0.125 e. The normalized spacial score (nSPS) is 14.8. The van der Waals surface area contributed by atoms with Crippen LogP contribution in [0.1, 0.15) is 70.0 Å². The quantitative estimate of drug-likeness (QED) is 0.740. The van der Waals surface area contributed by atoms with E-state index < -0.39 is 0 Å². The zero-order valence-electron chi connectivity index (χ0n) is 13.9. The Labute approximate surface area is 128 Å². The lowest BCUT2D eigenvalue weighted by atomic mass is 10.0. The molecule has 0 fully saturated rings. The van der Waals surface area contributed by atoms with Crippen LogP contribution in [0.4, 0.5) is 0 Å². The molecule has 1 N–H and O–H groups in total. The Morgan fingerprint density at radius 1 is 1.30 bits per heavy atom. The van der Waals surface area contributed by atoms with Gasteiger partial charge >= 0.3 is 0 Å². The number of nitrogens with zero attached hydrogens (tertiary/aromatic N) is 1. The molecular weight excluding hydrogens is 268 g/mol. The molecule has 116 valence electrons. The minimum Gasteiger partial charge on any atom is -0.368 e. The van der Waals surface area contributed by atoms with Gasteiger partial charge in [-0.25, -0.2) is 4.98 Å². The van der Waals surface area contributed by atoms with Gasteiger partial charge in [-0.2, -0.15) is 0 Å². The average Bonchev–Trinajstić information content (AvgIpc) is 2.81. The van der Waals surface area contributed by atoms with Crippen molar-refractivity contribution in [1.82, 2.24) is 10.3 Å². The Bertz CT molecular complexity index is 403. The second kappa shape index (κ2) is 8.11. The van der Waals surface area contributed by atoms with Crippen molar-refractivity contribution in [2.45, 2.75) is 79.0 Å². The van der Waals surface area contributed by atoms with E-state index in [1.165, 1.54) is 10.6 Å². The Kier molecular flexibility index (Phi) is 7.13. The van der Waals surface area contributed by atoms with Gasteiger partial charge in [0.2, 0.25) is 0 Å². The fraction of sp³-hybridized carbons (Fsp3) is 0.812. The van der Waals surface area contributed by atoms with Gasteiger partial charge in [0, 0.05) is 24.1 Å². The van der Waals surface area contributed by atoms with Crippen LogP contribution in [-0.2, 0) is 23.3 Å². The Morgan fingerprint density at radius 2 is 2.00 bits per heavy atom. The topological polar surface area (TPSA) is 34.1 Å². The third-order valence-electron chi connectivity index (χ3n) is 3.53. The molecule has 1 unspecified atom stereocenters. The van der Waals surface area contributed by atoms with E-state index in [2.05, 4.69) is 46.9 Å². The first-order chi connectivity index (χ1) is 9.46. The third-order valence-corrected chi connectivity index (χ3v) is 4.87. The predicted molar refractivity (Wildman–Crippen MR) is 87.4 cm³/mol. The maximum atomic E-state index is 5.96. The van der Waals surface area contributed by atoms with Crippen LogP contribution in [0.15, 0.2) is 0 Å². The SMILES string of the molecule is CCCc1nc(C(C)(CC)OCC)sc1CNC(C)C. The van der Waals surface area contributed by atoms with Crippen molar-refractivity contribution in [3.8, 4) is 0 Å². The number of hydrogen-bond acceptors (Lipinski definition) is 4. The lowest BCUT2D eigenvalue weighted by Crippen LogP contribution is -2.24. The summed E-state index contributed by atoms with van der Waals surface area (Å²) in [6.07, 6.45) is 3.14. The van der Waals surface area contributed by atoms with Gasteiger partial charge in [-0.15, -0.1) is 11.3 Å². The molecule has 0 aromatic carbocycles. The second-order valence-electron chi connectivity index (χ2n) is 5.69. The summed E-state index contributed by atoms with van der Waals surface area (Å²) in [6, 6.07) is 0.500. The van der Waals surface area contributed by atoms with E-state index in [9.17, 15) is 0 Å². The number of hydrogen-bond donors (Lipinski definition) is 1. The molecule has 0 amide bonds. The molecule has 0 bridgehead atoms. The number of ether oxygens (including phenoxy) is 1. The standard InChI is InChI=1S/C16H30N2OS/c1-7-10-13-14(11-17-12(4)5)20-15(18-13)16(6,8-2)19-9-3/h12,17H,7-11H2,1-6H3. The van der Waals surface area contributed by atoms with Crippen molar-refractivity contribution in [3.05, 3.63) is 15.6 Å². The largest absolute Gasteiger partial charge is 0.368 e. The van der Waals surface area contributed by atoms with Gasteiger partial charge in [0.1, 0.15) is 10.6 Å². The van der Waals surface area contributed by atoms with E-state index >= 15 is 0 Å². The summed E-state index contributed by atoms with van der Waals surface area (Å²) < 4.78 is 5.96. The fourth-order valence-electron chi connectivity index (χ4n) is 2.11. The zero-order chi connectivity index (χ0) is 15.2. The number of nitrogens with one attached hydrogen (secondary N) is 1. The molecule has 3 nitrogen and oxygen atoms in total. The summed E-state index contributed by atoms with van der Waals surface area (Å²) in [5, 5.41) is 4.64. The van der Waals surface area contributed by atoms with Gasteiger partial charge < -0.3 is 10.1 Å². The van der Waals surface area contributed by atoms with Crippen LogP contribution >= 0.6 is 11.3 Å². The van der Waals surface area contributed by atoms with E-state index in [4.69, 9.17) is 9.72 Å². The van der Waals surface area contributed by atoms with Crippen LogP contribution in [-0.4, -0.2) is 17.6 Å². The molecule has 20 heavy (non-hydrogen) atoms. The Balaban J connectivity index is 3.00. The van der Waals surface area contributed by atoms with Gasteiger partial charge in [-0.3, -0.25) is 0 Å². The van der Waals surface area contributed by atoms with E-state index in [-0.39, 0.29) is 5.60 Å². The van der Waals surface area contributed by atoms with Crippen LogP contribution in [0.25, 0.3) is 0 Å². The lowest BCUT2D eigenvalue weighted by Gasteiger charge is -2.25. The molecule has 0 saturated heterocycles. The fourth-order valence-corrected chi connectivity index (χ4v) is 3.34. The molecule has 1 aromatic heterocycles. The highest BCUT2D eigenvalue weighted by Gasteiger charge is 2.30. The van der Waals surface area contributed by atoms with Crippen molar-refractivity contribution in [2.75, 3.05) is 6.61 Å². The van der Waals surface area contributed by atoms with Crippen molar-refractivity contribution in [2.24, 2.45) is 0 Å². The second-order valence-corrected chi connectivity index (χ2v) is 6.78.